The van der Waals surface area contributed by atoms with E-state index in [9.17, 15) is 0 Å². The highest BCUT2D eigenvalue weighted by atomic mass is 14.2. The van der Waals surface area contributed by atoms with Gasteiger partial charge in [-0.1, -0.05) is 111 Å². The van der Waals surface area contributed by atoms with Crippen LogP contribution in [-0.2, 0) is 0 Å². The molecule has 0 amide bonds. The van der Waals surface area contributed by atoms with Crippen molar-refractivity contribution in [2.45, 2.75) is 118 Å². The van der Waals surface area contributed by atoms with E-state index >= 15 is 0 Å². The maximum absolute atomic E-state index is 2.48. The second-order valence-electron chi connectivity index (χ2n) is 7.05. The summed E-state index contributed by atoms with van der Waals surface area (Å²) < 4.78 is 0. The fourth-order valence-corrected chi connectivity index (χ4v) is 3.33. The quantitative estimate of drug-likeness (QED) is 0.269. The van der Waals surface area contributed by atoms with Crippen LogP contribution in [0, 0.1) is 11.8 Å². The molecular formula is C20H42. The van der Waals surface area contributed by atoms with E-state index in [1.165, 1.54) is 89.9 Å². The molecule has 0 fully saturated rings. The van der Waals surface area contributed by atoms with Crippen molar-refractivity contribution in [1.29, 1.82) is 0 Å². The van der Waals surface area contributed by atoms with E-state index in [0.717, 1.165) is 11.8 Å². The molecule has 0 aliphatic carbocycles. The summed E-state index contributed by atoms with van der Waals surface area (Å²) >= 11 is 0. The molecule has 0 aliphatic rings. The second kappa shape index (κ2) is 15.4. The Bertz CT molecular complexity index is 173. The summed E-state index contributed by atoms with van der Waals surface area (Å²) in [6.07, 6.45) is 20.3. The van der Waals surface area contributed by atoms with Gasteiger partial charge in [0, 0.05) is 0 Å². The second-order valence-corrected chi connectivity index (χ2v) is 7.05. The van der Waals surface area contributed by atoms with Gasteiger partial charge in [-0.15, -0.1) is 0 Å². The molecule has 0 bridgehead atoms. The molecule has 0 aromatic carbocycles. The predicted molar refractivity (Wildman–Crippen MR) is 94.3 cm³/mol. The Labute approximate surface area is 130 Å². The van der Waals surface area contributed by atoms with Crippen molar-refractivity contribution in [3.8, 4) is 0 Å². The Morgan fingerprint density at radius 1 is 0.550 bits per heavy atom. The lowest BCUT2D eigenvalue weighted by molar-refractivity contribution is 0.317. The molecule has 20 heavy (non-hydrogen) atoms. The summed E-state index contributed by atoms with van der Waals surface area (Å²) in [5.74, 6) is 1.98. The monoisotopic (exact) mass is 282 g/mol. The van der Waals surface area contributed by atoms with Gasteiger partial charge in [0.15, 0.2) is 0 Å². The zero-order chi connectivity index (χ0) is 15.1. The van der Waals surface area contributed by atoms with E-state index < -0.39 is 0 Å². The lowest BCUT2D eigenvalue weighted by Crippen LogP contribution is -2.07. The van der Waals surface area contributed by atoms with Gasteiger partial charge in [-0.05, 0) is 18.3 Å². The maximum Gasteiger partial charge on any atom is -0.0412 e. The van der Waals surface area contributed by atoms with Crippen LogP contribution in [0.3, 0.4) is 0 Å². The summed E-state index contributed by atoms with van der Waals surface area (Å²) in [5, 5.41) is 0. The number of unbranched alkanes of at least 4 members (excludes halogenated alkanes) is 7. The Kier molecular flexibility index (Phi) is 15.4. The summed E-state index contributed by atoms with van der Waals surface area (Å²) in [4.78, 5) is 0. The Hall–Kier alpha value is 0. The van der Waals surface area contributed by atoms with Crippen LogP contribution in [-0.4, -0.2) is 0 Å². The van der Waals surface area contributed by atoms with Crippen LogP contribution < -0.4 is 0 Å². The first kappa shape index (κ1) is 20.0. The van der Waals surface area contributed by atoms with Crippen molar-refractivity contribution in [2.24, 2.45) is 11.8 Å². The third-order valence-corrected chi connectivity index (χ3v) is 4.72. The molecule has 0 N–H and O–H groups in total. The smallest absolute Gasteiger partial charge is 0.0412 e. The lowest BCUT2D eigenvalue weighted by Gasteiger charge is -2.21. The van der Waals surface area contributed by atoms with E-state index in [-0.39, 0.29) is 0 Å². The van der Waals surface area contributed by atoms with E-state index in [1.54, 1.807) is 0 Å². The fourth-order valence-electron chi connectivity index (χ4n) is 3.33. The zero-order valence-electron chi connectivity index (χ0n) is 15.1. The van der Waals surface area contributed by atoms with Crippen LogP contribution in [0.1, 0.15) is 118 Å². The maximum atomic E-state index is 2.48. The SMILES string of the molecule is CCCCCCCCC(CCCC)CC(C)CCCC. The minimum Gasteiger partial charge on any atom is -0.0654 e. The molecule has 0 aliphatic heterocycles. The average Bonchev–Trinajstić information content (AvgIpc) is 2.45. The molecule has 0 aromatic rings. The summed E-state index contributed by atoms with van der Waals surface area (Å²) in [7, 11) is 0. The predicted octanol–water partition coefficient (Wildman–Crippen LogP) is 7.76. The van der Waals surface area contributed by atoms with Crippen molar-refractivity contribution >= 4 is 0 Å². The average molecular weight is 283 g/mol. The highest BCUT2D eigenvalue weighted by molar-refractivity contribution is 4.65. The van der Waals surface area contributed by atoms with Crippen LogP contribution in [0.25, 0.3) is 0 Å². The summed E-state index contributed by atoms with van der Waals surface area (Å²) in [5.41, 5.74) is 0. The van der Waals surface area contributed by atoms with Crippen LogP contribution in [0.4, 0.5) is 0 Å². The molecule has 0 radical (unpaired) electrons. The summed E-state index contributed by atoms with van der Waals surface area (Å²) in [6, 6.07) is 0. The molecule has 0 heteroatoms. The topological polar surface area (TPSA) is 0 Å². The van der Waals surface area contributed by atoms with E-state index in [2.05, 4.69) is 27.7 Å². The minimum absolute atomic E-state index is 0.955. The zero-order valence-corrected chi connectivity index (χ0v) is 15.1. The van der Waals surface area contributed by atoms with Gasteiger partial charge in [0.2, 0.25) is 0 Å². The molecule has 0 nitrogen and oxygen atoms in total. The Morgan fingerprint density at radius 3 is 1.70 bits per heavy atom. The number of hydrogen-bond donors (Lipinski definition) is 0. The van der Waals surface area contributed by atoms with Crippen molar-refractivity contribution in [2.75, 3.05) is 0 Å². The van der Waals surface area contributed by atoms with Crippen LogP contribution in [0.2, 0.25) is 0 Å². The molecule has 0 saturated carbocycles. The van der Waals surface area contributed by atoms with Crippen molar-refractivity contribution < 1.29 is 0 Å². The normalized spacial score (nSPS) is 14.4. The van der Waals surface area contributed by atoms with Crippen molar-refractivity contribution in [3.63, 3.8) is 0 Å². The molecular weight excluding hydrogens is 240 g/mol. The van der Waals surface area contributed by atoms with Gasteiger partial charge in [0.25, 0.3) is 0 Å². The molecule has 0 heterocycles. The first-order chi connectivity index (χ1) is 9.74. The molecule has 0 aromatic heterocycles. The van der Waals surface area contributed by atoms with Gasteiger partial charge in [0.1, 0.15) is 0 Å². The fraction of sp³-hybridized carbons (Fsp3) is 1.00. The van der Waals surface area contributed by atoms with Gasteiger partial charge in [-0.3, -0.25) is 0 Å². The molecule has 0 spiro atoms. The third kappa shape index (κ3) is 13.0. The van der Waals surface area contributed by atoms with Crippen LogP contribution >= 0.6 is 0 Å². The van der Waals surface area contributed by atoms with E-state index in [4.69, 9.17) is 0 Å². The largest absolute Gasteiger partial charge is 0.0654 e. The van der Waals surface area contributed by atoms with Gasteiger partial charge in [-0.2, -0.15) is 0 Å². The standard InChI is InChI=1S/C20H42/c1-5-8-11-12-13-14-17-20(16-10-7-3)18-19(4)15-9-6-2/h19-20H,5-18H2,1-4H3. The van der Waals surface area contributed by atoms with Gasteiger partial charge in [-0.25, -0.2) is 0 Å². The van der Waals surface area contributed by atoms with Crippen LogP contribution in [0.15, 0.2) is 0 Å². The highest BCUT2D eigenvalue weighted by Crippen LogP contribution is 2.26. The third-order valence-electron chi connectivity index (χ3n) is 4.72. The highest BCUT2D eigenvalue weighted by Gasteiger charge is 2.12. The minimum atomic E-state index is 0.955. The Balaban J connectivity index is 3.77. The van der Waals surface area contributed by atoms with Crippen molar-refractivity contribution in [1.82, 2.24) is 0 Å². The van der Waals surface area contributed by atoms with Gasteiger partial charge >= 0.3 is 0 Å². The van der Waals surface area contributed by atoms with Gasteiger partial charge < -0.3 is 0 Å². The van der Waals surface area contributed by atoms with Crippen LogP contribution in [0.5, 0.6) is 0 Å². The van der Waals surface area contributed by atoms with E-state index in [1.807, 2.05) is 0 Å². The lowest BCUT2D eigenvalue weighted by atomic mass is 9.85. The molecule has 122 valence electrons. The number of hydrogen-bond acceptors (Lipinski definition) is 0. The number of rotatable bonds is 15. The first-order valence-corrected chi connectivity index (χ1v) is 9.74. The summed E-state index contributed by atoms with van der Waals surface area (Å²) in [6.45, 7) is 9.44. The van der Waals surface area contributed by atoms with Crippen molar-refractivity contribution in [3.05, 3.63) is 0 Å². The molecule has 2 unspecified atom stereocenters. The molecule has 0 rings (SSSR count). The Morgan fingerprint density at radius 2 is 1.05 bits per heavy atom. The molecule has 2 atom stereocenters. The van der Waals surface area contributed by atoms with Gasteiger partial charge in [0.05, 0.1) is 0 Å². The van der Waals surface area contributed by atoms with E-state index in [0.29, 0.717) is 0 Å². The first-order valence-electron chi connectivity index (χ1n) is 9.74. The molecule has 0 saturated heterocycles.